The molecule has 0 radical (unpaired) electrons. The molecule has 1 saturated heterocycles. The quantitative estimate of drug-likeness (QED) is 0.814. The predicted molar refractivity (Wildman–Crippen MR) is 87.0 cm³/mol. The maximum Gasteiger partial charge on any atom is 0.255 e. The van der Waals surface area contributed by atoms with Gasteiger partial charge in [-0.15, -0.1) is 0 Å². The summed E-state index contributed by atoms with van der Waals surface area (Å²) >= 11 is 6.03. The molecule has 2 aromatic rings. The molecule has 1 aliphatic rings. The van der Waals surface area contributed by atoms with Gasteiger partial charge in [0, 0.05) is 22.7 Å². The van der Waals surface area contributed by atoms with Crippen molar-refractivity contribution in [1.29, 1.82) is 0 Å². The van der Waals surface area contributed by atoms with E-state index < -0.39 is 0 Å². The van der Waals surface area contributed by atoms with Gasteiger partial charge in [-0.05, 0) is 38.4 Å². The van der Waals surface area contributed by atoms with Gasteiger partial charge < -0.3 is 10.6 Å². The second kappa shape index (κ2) is 6.50. The van der Waals surface area contributed by atoms with Crippen LogP contribution < -0.4 is 10.6 Å². The van der Waals surface area contributed by atoms with Crippen LogP contribution in [0.25, 0.3) is 11.3 Å². The van der Waals surface area contributed by atoms with E-state index >= 15 is 0 Å². The fourth-order valence-electron chi connectivity index (χ4n) is 2.81. The molecule has 2 unspecified atom stereocenters. The maximum absolute atomic E-state index is 12.6. The molecular weight excluding hydrogens is 300 g/mol. The molecule has 0 spiro atoms. The van der Waals surface area contributed by atoms with Crippen LogP contribution in [-0.4, -0.2) is 34.7 Å². The fourth-order valence-corrected chi connectivity index (χ4v) is 3.00. The number of carbonyl (C=O) groups excluding carboxylic acids is 1. The van der Waals surface area contributed by atoms with Crippen molar-refractivity contribution < 1.29 is 4.79 Å². The number of hydrogen-bond donors (Lipinski definition) is 3. The van der Waals surface area contributed by atoms with Crippen LogP contribution in [0.3, 0.4) is 0 Å². The maximum atomic E-state index is 12.6. The van der Waals surface area contributed by atoms with Gasteiger partial charge >= 0.3 is 0 Å². The van der Waals surface area contributed by atoms with Gasteiger partial charge in [-0.2, -0.15) is 5.10 Å². The van der Waals surface area contributed by atoms with Crippen molar-refractivity contribution >= 4 is 17.5 Å². The number of nitrogens with zero attached hydrogens (tertiary/aromatic N) is 1. The first-order valence-corrected chi connectivity index (χ1v) is 7.86. The number of H-pyrrole nitrogens is 1. The molecule has 6 heteroatoms. The van der Waals surface area contributed by atoms with Crippen LogP contribution in [0.5, 0.6) is 0 Å². The molecule has 0 bridgehead atoms. The van der Waals surface area contributed by atoms with Gasteiger partial charge in [0.1, 0.15) is 0 Å². The van der Waals surface area contributed by atoms with E-state index in [0.29, 0.717) is 16.3 Å². The Morgan fingerprint density at radius 2 is 2.32 bits per heavy atom. The van der Waals surface area contributed by atoms with Crippen molar-refractivity contribution in [2.45, 2.75) is 31.8 Å². The summed E-state index contributed by atoms with van der Waals surface area (Å²) in [5.41, 5.74) is 2.08. The fraction of sp³-hybridized carbons (Fsp3) is 0.375. The van der Waals surface area contributed by atoms with Gasteiger partial charge in [0.2, 0.25) is 0 Å². The summed E-state index contributed by atoms with van der Waals surface area (Å²) in [5.74, 6) is -0.107. The largest absolute Gasteiger partial charge is 0.348 e. The lowest BCUT2D eigenvalue weighted by molar-refractivity contribution is 0.0920. The highest BCUT2D eigenvalue weighted by atomic mass is 35.5. The number of amides is 1. The zero-order chi connectivity index (χ0) is 15.5. The van der Waals surface area contributed by atoms with Gasteiger partial charge in [-0.3, -0.25) is 9.89 Å². The highest BCUT2D eigenvalue weighted by Gasteiger charge is 2.24. The number of piperidine rings is 1. The number of benzene rings is 1. The summed E-state index contributed by atoms with van der Waals surface area (Å²) < 4.78 is 0. The molecule has 5 nitrogen and oxygen atoms in total. The highest BCUT2D eigenvalue weighted by Crippen LogP contribution is 2.24. The van der Waals surface area contributed by atoms with Crippen LogP contribution in [0, 0.1) is 0 Å². The zero-order valence-electron chi connectivity index (χ0n) is 12.4. The molecule has 2 atom stereocenters. The van der Waals surface area contributed by atoms with E-state index in [0.717, 1.165) is 24.9 Å². The smallest absolute Gasteiger partial charge is 0.255 e. The molecule has 3 rings (SSSR count). The Kier molecular flexibility index (Phi) is 4.45. The van der Waals surface area contributed by atoms with Crippen LogP contribution in [-0.2, 0) is 0 Å². The summed E-state index contributed by atoms with van der Waals surface area (Å²) in [6.45, 7) is 3.10. The summed E-state index contributed by atoms with van der Waals surface area (Å²) in [6.07, 6.45) is 3.62. The minimum absolute atomic E-state index is 0.107. The van der Waals surface area contributed by atoms with Crippen molar-refractivity contribution in [3.8, 4) is 11.3 Å². The number of rotatable bonds is 3. The van der Waals surface area contributed by atoms with Gasteiger partial charge in [-0.1, -0.05) is 23.7 Å². The zero-order valence-corrected chi connectivity index (χ0v) is 13.2. The lowest BCUT2D eigenvalue weighted by Crippen LogP contribution is -2.51. The number of aromatic amines is 1. The summed E-state index contributed by atoms with van der Waals surface area (Å²) in [6, 6.07) is 7.80. The number of halogens is 1. The summed E-state index contributed by atoms with van der Waals surface area (Å²) in [4.78, 5) is 12.6. The average Bonchev–Trinajstić information content (AvgIpc) is 2.99. The minimum Gasteiger partial charge on any atom is -0.348 e. The number of nitrogens with one attached hydrogen (secondary N) is 3. The first-order chi connectivity index (χ1) is 10.6. The van der Waals surface area contributed by atoms with Gasteiger partial charge in [0.05, 0.1) is 17.5 Å². The van der Waals surface area contributed by atoms with Crippen molar-refractivity contribution in [2.24, 2.45) is 0 Å². The average molecular weight is 319 g/mol. The Morgan fingerprint density at radius 3 is 3.09 bits per heavy atom. The minimum atomic E-state index is -0.107. The van der Waals surface area contributed by atoms with Gasteiger partial charge in [-0.25, -0.2) is 0 Å². The molecule has 0 saturated carbocycles. The van der Waals surface area contributed by atoms with Crippen molar-refractivity contribution in [3.63, 3.8) is 0 Å². The Bertz CT molecular complexity index is 670. The van der Waals surface area contributed by atoms with Crippen LogP contribution in [0.4, 0.5) is 0 Å². The Labute approximate surface area is 134 Å². The third-order valence-electron chi connectivity index (χ3n) is 4.08. The van der Waals surface area contributed by atoms with E-state index in [9.17, 15) is 4.79 Å². The Morgan fingerprint density at radius 1 is 1.45 bits per heavy atom. The summed E-state index contributed by atoms with van der Waals surface area (Å²) in [7, 11) is 0. The van der Waals surface area contributed by atoms with Crippen LogP contribution in [0.15, 0.2) is 30.5 Å². The topological polar surface area (TPSA) is 69.8 Å². The SMILES string of the molecule is CC1NCCCC1NC(=O)c1cn[nH]c1-c1cccc(Cl)c1. The van der Waals surface area contributed by atoms with Crippen molar-refractivity contribution in [2.75, 3.05) is 6.54 Å². The molecule has 1 aromatic heterocycles. The van der Waals surface area contributed by atoms with Crippen LogP contribution >= 0.6 is 11.6 Å². The Balaban J connectivity index is 1.80. The van der Waals surface area contributed by atoms with E-state index in [4.69, 9.17) is 11.6 Å². The third-order valence-corrected chi connectivity index (χ3v) is 4.31. The predicted octanol–water partition coefficient (Wildman–Crippen LogP) is 2.60. The first-order valence-electron chi connectivity index (χ1n) is 7.48. The summed E-state index contributed by atoms with van der Waals surface area (Å²) in [5, 5.41) is 14.0. The second-order valence-electron chi connectivity index (χ2n) is 5.63. The number of carbonyl (C=O) groups is 1. The standard InChI is InChI=1S/C16H19ClN4O/c1-10-14(6-3-7-18-10)20-16(22)13-9-19-21-15(13)11-4-2-5-12(17)8-11/h2,4-5,8-10,14,18H,3,6-7H2,1H3,(H,19,21)(H,20,22). The van der Waals surface area contributed by atoms with E-state index in [1.54, 1.807) is 12.3 Å². The number of aromatic nitrogens is 2. The molecule has 1 aromatic carbocycles. The molecule has 2 heterocycles. The third kappa shape index (κ3) is 3.15. The first kappa shape index (κ1) is 15.1. The second-order valence-corrected chi connectivity index (χ2v) is 6.07. The monoisotopic (exact) mass is 318 g/mol. The van der Waals surface area contributed by atoms with Crippen molar-refractivity contribution in [3.05, 3.63) is 41.0 Å². The molecular formula is C16H19ClN4O. The van der Waals surface area contributed by atoms with E-state index in [1.165, 1.54) is 0 Å². The highest BCUT2D eigenvalue weighted by molar-refractivity contribution is 6.30. The van der Waals surface area contributed by atoms with Crippen LogP contribution in [0.1, 0.15) is 30.1 Å². The molecule has 22 heavy (non-hydrogen) atoms. The molecule has 116 valence electrons. The normalized spacial score (nSPS) is 21.5. The molecule has 1 aliphatic heterocycles. The molecule has 0 aliphatic carbocycles. The lowest BCUT2D eigenvalue weighted by atomic mass is 9.99. The van der Waals surface area contributed by atoms with Gasteiger partial charge in [0.15, 0.2) is 0 Å². The van der Waals surface area contributed by atoms with Gasteiger partial charge in [0.25, 0.3) is 5.91 Å². The Hall–Kier alpha value is -1.85. The van der Waals surface area contributed by atoms with Crippen molar-refractivity contribution in [1.82, 2.24) is 20.8 Å². The van der Waals surface area contributed by atoms with E-state index in [1.807, 2.05) is 18.2 Å². The van der Waals surface area contributed by atoms with Crippen LogP contribution in [0.2, 0.25) is 5.02 Å². The molecule has 3 N–H and O–H groups in total. The lowest BCUT2D eigenvalue weighted by Gasteiger charge is -2.30. The number of hydrogen-bond acceptors (Lipinski definition) is 3. The molecule has 1 amide bonds. The van der Waals surface area contributed by atoms with E-state index in [-0.39, 0.29) is 18.0 Å². The molecule has 1 fully saturated rings. The van der Waals surface area contributed by atoms with E-state index in [2.05, 4.69) is 27.8 Å².